The third-order valence-corrected chi connectivity index (χ3v) is 2.03. The highest BCUT2D eigenvalue weighted by atomic mass is 35.5. The quantitative estimate of drug-likeness (QED) is 0.587. The summed E-state index contributed by atoms with van der Waals surface area (Å²) in [5.41, 5.74) is 6.67. The predicted molar refractivity (Wildman–Crippen MR) is 50.7 cm³/mol. The van der Waals surface area contributed by atoms with Crippen LogP contribution < -0.4 is 5.73 Å². The maximum Gasteiger partial charge on any atom is 0.275 e. The van der Waals surface area contributed by atoms with E-state index in [1.807, 2.05) is 0 Å². The summed E-state index contributed by atoms with van der Waals surface area (Å²) < 4.78 is 0. The minimum atomic E-state index is -0.471. The van der Waals surface area contributed by atoms with Gasteiger partial charge in [-0.3, -0.25) is 10.1 Å². The molecular weight excluding hydrogens is 192 g/mol. The topological polar surface area (TPSA) is 69.2 Å². The van der Waals surface area contributed by atoms with Crippen LogP contribution in [0.3, 0.4) is 0 Å². The van der Waals surface area contributed by atoms with Gasteiger partial charge in [0.1, 0.15) is 0 Å². The SMILES string of the molecule is Cc1cc(Cl)cc([N+](=O)[O-])c1CN. The Kier molecular flexibility index (Phi) is 2.85. The second kappa shape index (κ2) is 3.72. The number of nitrogens with zero attached hydrogens (tertiary/aromatic N) is 1. The summed E-state index contributed by atoms with van der Waals surface area (Å²) in [6, 6.07) is 2.98. The molecule has 0 atom stereocenters. The molecule has 13 heavy (non-hydrogen) atoms. The molecule has 0 aromatic heterocycles. The first-order valence-corrected chi connectivity index (χ1v) is 4.07. The molecule has 0 bridgehead atoms. The molecule has 0 radical (unpaired) electrons. The molecular formula is C8H9ClN2O2. The van der Waals surface area contributed by atoms with E-state index in [1.54, 1.807) is 13.0 Å². The fourth-order valence-electron chi connectivity index (χ4n) is 1.18. The monoisotopic (exact) mass is 200 g/mol. The molecule has 0 saturated heterocycles. The summed E-state index contributed by atoms with van der Waals surface area (Å²) in [5.74, 6) is 0. The molecule has 4 nitrogen and oxygen atoms in total. The van der Waals surface area contributed by atoms with Crippen molar-refractivity contribution in [3.63, 3.8) is 0 Å². The molecule has 0 aliphatic rings. The zero-order chi connectivity index (χ0) is 10.0. The zero-order valence-electron chi connectivity index (χ0n) is 7.08. The van der Waals surface area contributed by atoms with Crippen LogP contribution in [0.4, 0.5) is 5.69 Å². The fraction of sp³-hybridized carbons (Fsp3) is 0.250. The van der Waals surface area contributed by atoms with Gasteiger partial charge in [0.15, 0.2) is 0 Å². The highest BCUT2D eigenvalue weighted by Crippen LogP contribution is 2.26. The lowest BCUT2D eigenvalue weighted by Crippen LogP contribution is -2.04. The van der Waals surface area contributed by atoms with E-state index in [0.29, 0.717) is 10.6 Å². The van der Waals surface area contributed by atoms with Crippen LogP contribution >= 0.6 is 11.6 Å². The molecule has 0 amide bonds. The van der Waals surface area contributed by atoms with Gasteiger partial charge in [0.05, 0.1) is 4.92 Å². The van der Waals surface area contributed by atoms with Gasteiger partial charge in [-0.05, 0) is 18.6 Å². The predicted octanol–water partition coefficient (Wildman–Crippen LogP) is 2.02. The number of aryl methyl sites for hydroxylation is 1. The number of halogens is 1. The minimum absolute atomic E-state index is 0.00694. The van der Waals surface area contributed by atoms with Crippen LogP contribution in [-0.2, 0) is 6.54 Å². The number of nitro benzene ring substituents is 1. The number of nitro groups is 1. The third-order valence-electron chi connectivity index (χ3n) is 1.82. The molecule has 1 aromatic rings. The lowest BCUT2D eigenvalue weighted by molar-refractivity contribution is -0.385. The van der Waals surface area contributed by atoms with E-state index < -0.39 is 4.92 Å². The summed E-state index contributed by atoms with van der Waals surface area (Å²) in [5, 5.41) is 10.9. The van der Waals surface area contributed by atoms with Crippen molar-refractivity contribution in [2.24, 2.45) is 5.73 Å². The first-order chi connectivity index (χ1) is 6.06. The standard InChI is InChI=1S/C8H9ClN2O2/c1-5-2-6(9)3-8(11(12)13)7(5)4-10/h2-3H,4,10H2,1H3. The lowest BCUT2D eigenvalue weighted by atomic mass is 10.1. The van der Waals surface area contributed by atoms with Gasteiger partial charge in [0.25, 0.3) is 5.69 Å². The van der Waals surface area contributed by atoms with Crippen molar-refractivity contribution in [3.05, 3.63) is 38.4 Å². The normalized spacial score (nSPS) is 10.1. The van der Waals surface area contributed by atoms with Gasteiger partial charge >= 0.3 is 0 Å². The Labute approximate surface area is 80.5 Å². The molecule has 2 N–H and O–H groups in total. The molecule has 0 spiro atoms. The van der Waals surface area contributed by atoms with E-state index in [-0.39, 0.29) is 12.2 Å². The number of benzene rings is 1. The molecule has 1 aromatic carbocycles. The number of hydrogen-bond donors (Lipinski definition) is 1. The van der Waals surface area contributed by atoms with Gasteiger partial charge in [-0.1, -0.05) is 11.6 Å². The maximum atomic E-state index is 10.6. The highest BCUT2D eigenvalue weighted by molar-refractivity contribution is 6.30. The molecule has 0 unspecified atom stereocenters. The summed E-state index contributed by atoms with van der Waals surface area (Å²) in [6.07, 6.45) is 0. The molecule has 0 aliphatic carbocycles. The smallest absolute Gasteiger partial charge is 0.275 e. The molecule has 5 heteroatoms. The average molecular weight is 201 g/mol. The van der Waals surface area contributed by atoms with E-state index >= 15 is 0 Å². The van der Waals surface area contributed by atoms with E-state index in [0.717, 1.165) is 5.56 Å². The minimum Gasteiger partial charge on any atom is -0.326 e. The number of hydrogen-bond acceptors (Lipinski definition) is 3. The van der Waals surface area contributed by atoms with Crippen molar-refractivity contribution in [2.75, 3.05) is 0 Å². The first kappa shape index (κ1) is 9.95. The van der Waals surface area contributed by atoms with Gasteiger partial charge in [0, 0.05) is 23.2 Å². The van der Waals surface area contributed by atoms with E-state index in [1.165, 1.54) is 6.07 Å². The van der Waals surface area contributed by atoms with Gasteiger partial charge in [-0.25, -0.2) is 0 Å². The van der Waals surface area contributed by atoms with Crippen molar-refractivity contribution < 1.29 is 4.92 Å². The molecule has 0 fully saturated rings. The second-order valence-electron chi connectivity index (χ2n) is 2.68. The maximum absolute atomic E-state index is 10.6. The van der Waals surface area contributed by atoms with E-state index in [9.17, 15) is 10.1 Å². The lowest BCUT2D eigenvalue weighted by Gasteiger charge is -2.04. The average Bonchev–Trinajstić information content (AvgIpc) is 2.02. The van der Waals surface area contributed by atoms with Crippen molar-refractivity contribution >= 4 is 17.3 Å². The van der Waals surface area contributed by atoms with Crippen LogP contribution in [0.15, 0.2) is 12.1 Å². The highest BCUT2D eigenvalue weighted by Gasteiger charge is 2.15. The summed E-state index contributed by atoms with van der Waals surface area (Å²) in [6.45, 7) is 1.90. The Morgan fingerprint density at radius 2 is 2.23 bits per heavy atom. The fourth-order valence-corrected chi connectivity index (χ4v) is 1.45. The second-order valence-corrected chi connectivity index (χ2v) is 3.12. The van der Waals surface area contributed by atoms with Crippen LogP contribution in [0, 0.1) is 17.0 Å². The van der Waals surface area contributed by atoms with Gasteiger partial charge in [0.2, 0.25) is 0 Å². The van der Waals surface area contributed by atoms with Crippen LogP contribution in [0.2, 0.25) is 5.02 Å². The van der Waals surface area contributed by atoms with Crippen LogP contribution in [0.1, 0.15) is 11.1 Å². The molecule has 1 rings (SSSR count). The Morgan fingerprint density at radius 3 is 2.69 bits per heavy atom. The Bertz CT molecular complexity index is 352. The number of rotatable bonds is 2. The molecule has 0 heterocycles. The Balaban J connectivity index is 3.38. The van der Waals surface area contributed by atoms with Crippen LogP contribution in [0.5, 0.6) is 0 Å². The van der Waals surface area contributed by atoms with Crippen molar-refractivity contribution in [3.8, 4) is 0 Å². The summed E-state index contributed by atoms with van der Waals surface area (Å²) in [4.78, 5) is 10.1. The molecule has 0 aliphatic heterocycles. The molecule has 70 valence electrons. The van der Waals surface area contributed by atoms with E-state index in [2.05, 4.69) is 0 Å². The first-order valence-electron chi connectivity index (χ1n) is 3.69. The van der Waals surface area contributed by atoms with Crippen LogP contribution in [-0.4, -0.2) is 4.92 Å². The van der Waals surface area contributed by atoms with Crippen molar-refractivity contribution in [1.29, 1.82) is 0 Å². The van der Waals surface area contributed by atoms with Crippen LogP contribution in [0.25, 0.3) is 0 Å². The Hall–Kier alpha value is -1.13. The zero-order valence-corrected chi connectivity index (χ0v) is 7.84. The third kappa shape index (κ3) is 1.96. The summed E-state index contributed by atoms with van der Waals surface area (Å²) in [7, 11) is 0. The van der Waals surface area contributed by atoms with Crippen molar-refractivity contribution in [1.82, 2.24) is 0 Å². The van der Waals surface area contributed by atoms with Gasteiger partial charge < -0.3 is 5.73 Å². The van der Waals surface area contributed by atoms with Crippen molar-refractivity contribution in [2.45, 2.75) is 13.5 Å². The van der Waals surface area contributed by atoms with Gasteiger partial charge in [-0.15, -0.1) is 0 Å². The largest absolute Gasteiger partial charge is 0.326 e. The van der Waals surface area contributed by atoms with Gasteiger partial charge in [-0.2, -0.15) is 0 Å². The Morgan fingerprint density at radius 1 is 1.62 bits per heavy atom. The molecule has 0 saturated carbocycles. The number of nitrogens with two attached hydrogens (primary N) is 1. The summed E-state index contributed by atoms with van der Waals surface area (Å²) >= 11 is 5.68. The van der Waals surface area contributed by atoms with E-state index in [4.69, 9.17) is 17.3 Å².